The summed E-state index contributed by atoms with van der Waals surface area (Å²) in [7, 11) is 0. The van der Waals surface area contributed by atoms with Gasteiger partial charge in [0.15, 0.2) is 0 Å². The van der Waals surface area contributed by atoms with Crippen LogP contribution in [0.3, 0.4) is 0 Å². The Hall–Kier alpha value is -4.58. The molecule has 2 heterocycles. The Balaban J connectivity index is 1.48. The van der Waals surface area contributed by atoms with Gasteiger partial charge in [0.2, 0.25) is 5.89 Å². The lowest BCUT2D eigenvalue weighted by Gasteiger charge is -2.16. The SMILES string of the molecule is O=C1c2ccc(-c3nc4ccccc4c(=O)o3)cc2C(=O)N1c1cccc2ccccc12. The number of carbonyl (C=O) groups is 2. The number of amides is 2. The molecule has 0 atom stereocenters. The Morgan fingerprint density at radius 3 is 2.28 bits per heavy atom. The Bertz CT molecular complexity index is 1650. The van der Waals surface area contributed by atoms with Crippen molar-refractivity contribution in [2.24, 2.45) is 0 Å². The standard InChI is InChI=1S/C26H14N2O4/c29-24-18-13-12-16(23-27-21-10-4-3-9-19(21)26(31)32-23)14-20(18)25(30)28(24)22-11-5-7-15-6-1-2-8-17(15)22/h1-14H. The van der Waals surface area contributed by atoms with Crippen LogP contribution in [0.5, 0.6) is 0 Å². The number of carbonyl (C=O) groups excluding carboxylic acids is 2. The van der Waals surface area contributed by atoms with Crippen LogP contribution in [0, 0.1) is 0 Å². The Morgan fingerprint density at radius 1 is 0.688 bits per heavy atom. The molecule has 2 amide bonds. The summed E-state index contributed by atoms with van der Waals surface area (Å²) in [5, 5.41) is 2.13. The highest BCUT2D eigenvalue weighted by molar-refractivity contribution is 6.36. The topological polar surface area (TPSA) is 80.5 Å². The summed E-state index contributed by atoms with van der Waals surface area (Å²) in [6, 6.07) is 24.8. The molecule has 1 aliphatic rings. The third-order valence-corrected chi connectivity index (χ3v) is 5.68. The summed E-state index contributed by atoms with van der Waals surface area (Å²) in [6.07, 6.45) is 0. The Kier molecular flexibility index (Phi) is 3.82. The quantitative estimate of drug-likeness (QED) is 0.385. The van der Waals surface area contributed by atoms with E-state index in [-0.39, 0.29) is 17.4 Å². The van der Waals surface area contributed by atoms with Gasteiger partial charge in [-0.25, -0.2) is 14.7 Å². The summed E-state index contributed by atoms with van der Waals surface area (Å²) >= 11 is 0. The van der Waals surface area contributed by atoms with E-state index in [2.05, 4.69) is 4.98 Å². The maximum absolute atomic E-state index is 13.3. The van der Waals surface area contributed by atoms with Crippen LogP contribution in [0.25, 0.3) is 33.1 Å². The number of hydrogen-bond acceptors (Lipinski definition) is 5. The molecule has 0 N–H and O–H groups in total. The van der Waals surface area contributed by atoms with Crippen LogP contribution in [-0.2, 0) is 0 Å². The first-order valence-electron chi connectivity index (χ1n) is 10.0. The van der Waals surface area contributed by atoms with Gasteiger partial charge in [-0.2, -0.15) is 0 Å². The normalized spacial score (nSPS) is 13.2. The first-order valence-corrected chi connectivity index (χ1v) is 10.0. The molecule has 0 unspecified atom stereocenters. The number of rotatable bonds is 2. The maximum atomic E-state index is 13.3. The zero-order valence-corrected chi connectivity index (χ0v) is 16.6. The van der Waals surface area contributed by atoms with Gasteiger partial charge >= 0.3 is 5.63 Å². The van der Waals surface area contributed by atoms with E-state index in [1.54, 1.807) is 48.5 Å². The number of hydrogen-bond donors (Lipinski definition) is 0. The van der Waals surface area contributed by atoms with Gasteiger partial charge in [0.25, 0.3) is 11.8 Å². The molecule has 0 fully saturated rings. The molecule has 0 radical (unpaired) electrons. The Labute approximate surface area is 181 Å². The molecule has 1 aromatic heterocycles. The second-order valence-electron chi connectivity index (χ2n) is 7.53. The minimum Gasteiger partial charge on any atom is -0.403 e. The van der Waals surface area contributed by atoms with Crippen molar-refractivity contribution in [2.75, 3.05) is 4.90 Å². The molecule has 32 heavy (non-hydrogen) atoms. The summed E-state index contributed by atoms with van der Waals surface area (Å²) in [4.78, 5) is 44.4. The summed E-state index contributed by atoms with van der Waals surface area (Å²) < 4.78 is 5.39. The number of para-hydroxylation sites is 1. The van der Waals surface area contributed by atoms with Crippen LogP contribution in [-0.4, -0.2) is 16.8 Å². The van der Waals surface area contributed by atoms with Gasteiger partial charge in [0.05, 0.1) is 27.7 Å². The first-order chi connectivity index (χ1) is 15.6. The number of anilines is 1. The molecule has 6 rings (SSSR count). The van der Waals surface area contributed by atoms with Crippen molar-refractivity contribution in [3.8, 4) is 11.5 Å². The van der Waals surface area contributed by atoms with Gasteiger partial charge in [0.1, 0.15) is 0 Å². The van der Waals surface area contributed by atoms with Crippen LogP contribution in [0.1, 0.15) is 20.7 Å². The van der Waals surface area contributed by atoms with E-state index in [1.165, 1.54) is 4.90 Å². The minimum absolute atomic E-state index is 0.0976. The highest BCUT2D eigenvalue weighted by atomic mass is 16.4. The average molecular weight is 418 g/mol. The monoisotopic (exact) mass is 418 g/mol. The molecule has 4 aromatic carbocycles. The van der Waals surface area contributed by atoms with E-state index < -0.39 is 11.5 Å². The van der Waals surface area contributed by atoms with Crippen LogP contribution < -0.4 is 10.5 Å². The molecule has 0 aliphatic carbocycles. The number of nitrogens with zero attached hydrogens (tertiary/aromatic N) is 2. The molecule has 0 saturated carbocycles. The van der Waals surface area contributed by atoms with Crippen LogP contribution in [0.4, 0.5) is 5.69 Å². The molecule has 1 aliphatic heterocycles. The molecule has 6 nitrogen and oxygen atoms in total. The van der Waals surface area contributed by atoms with E-state index >= 15 is 0 Å². The lowest BCUT2D eigenvalue weighted by atomic mass is 10.1. The van der Waals surface area contributed by atoms with Crippen molar-refractivity contribution < 1.29 is 14.0 Å². The van der Waals surface area contributed by atoms with Gasteiger partial charge in [-0.1, -0.05) is 48.5 Å². The van der Waals surface area contributed by atoms with Gasteiger partial charge in [0, 0.05) is 10.9 Å². The zero-order valence-electron chi connectivity index (χ0n) is 16.6. The van der Waals surface area contributed by atoms with Crippen molar-refractivity contribution >= 4 is 39.2 Å². The van der Waals surface area contributed by atoms with Crippen molar-refractivity contribution in [1.82, 2.24) is 4.98 Å². The lowest BCUT2D eigenvalue weighted by molar-refractivity contribution is 0.0926. The summed E-state index contributed by atoms with van der Waals surface area (Å²) in [6.45, 7) is 0. The van der Waals surface area contributed by atoms with E-state index in [4.69, 9.17) is 4.42 Å². The average Bonchev–Trinajstić information content (AvgIpc) is 3.08. The van der Waals surface area contributed by atoms with E-state index in [9.17, 15) is 14.4 Å². The van der Waals surface area contributed by atoms with E-state index in [0.29, 0.717) is 27.7 Å². The van der Waals surface area contributed by atoms with E-state index in [0.717, 1.165) is 10.8 Å². The number of imide groups is 1. The molecule has 0 saturated heterocycles. The number of benzene rings is 4. The predicted octanol–water partition coefficient (Wildman–Crippen LogP) is 4.81. The van der Waals surface area contributed by atoms with Crippen LogP contribution >= 0.6 is 0 Å². The smallest absolute Gasteiger partial charge is 0.347 e. The fourth-order valence-electron chi connectivity index (χ4n) is 4.14. The van der Waals surface area contributed by atoms with Crippen molar-refractivity contribution in [2.45, 2.75) is 0 Å². The van der Waals surface area contributed by atoms with Crippen molar-refractivity contribution in [3.63, 3.8) is 0 Å². The van der Waals surface area contributed by atoms with Crippen LogP contribution in [0.15, 0.2) is 94.1 Å². The van der Waals surface area contributed by atoms with Gasteiger partial charge < -0.3 is 4.42 Å². The highest BCUT2D eigenvalue weighted by Gasteiger charge is 2.37. The number of aromatic nitrogens is 1. The third-order valence-electron chi connectivity index (χ3n) is 5.68. The maximum Gasteiger partial charge on any atom is 0.347 e. The van der Waals surface area contributed by atoms with Gasteiger partial charge in [-0.3, -0.25) is 9.59 Å². The first kappa shape index (κ1) is 18.2. The molecule has 0 spiro atoms. The minimum atomic E-state index is -0.508. The number of fused-ring (bicyclic) bond motifs is 3. The van der Waals surface area contributed by atoms with Gasteiger partial charge in [-0.05, 0) is 41.8 Å². The highest BCUT2D eigenvalue weighted by Crippen LogP contribution is 2.35. The second kappa shape index (κ2) is 6.72. The van der Waals surface area contributed by atoms with Gasteiger partial charge in [-0.15, -0.1) is 0 Å². The molecular weight excluding hydrogens is 404 g/mol. The molecule has 5 aromatic rings. The Morgan fingerprint density at radius 2 is 1.41 bits per heavy atom. The molecular formula is C26H14N2O4. The van der Waals surface area contributed by atoms with Crippen LogP contribution in [0.2, 0.25) is 0 Å². The van der Waals surface area contributed by atoms with Crippen molar-refractivity contribution in [3.05, 3.63) is 106 Å². The third kappa shape index (κ3) is 2.60. The second-order valence-corrected chi connectivity index (χ2v) is 7.53. The largest absolute Gasteiger partial charge is 0.403 e. The zero-order chi connectivity index (χ0) is 21.8. The molecule has 6 heteroatoms. The fourth-order valence-corrected chi connectivity index (χ4v) is 4.14. The summed E-state index contributed by atoms with van der Waals surface area (Å²) in [5.74, 6) is -0.715. The molecule has 0 bridgehead atoms. The van der Waals surface area contributed by atoms with Crippen molar-refractivity contribution in [1.29, 1.82) is 0 Å². The predicted molar refractivity (Wildman–Crippen MR) is 121 cm³/mol. The molecule has 152 valence electrons. The lowest BCUT2D eigenvalue weighted by Crippen LogP contribution is -2.29. The summed E-state index contributed by atoms with van der Waals surface area (Å²) in [5.41, 5.74) is 1.52. The van der Waals surface area contributed by atoms with E-state index in [1.807, 2.05) is 36.4 Å². The fraction of sp³-hybridized carbons (Fsp3) is 0.